The number of carbonyl (C=O) groups is 5. The minimum Gasteiger partial charge on any atom is -0.508 e. The Morgan fingerprint density at radius 3 is 2.19 bits per heavy atom. The molecular formula is C24H36N6O7. The summed E-state index contributed by atoms with van der Waals surface area (Å²) in [5.41, 5.74) is 11.3. The number of phenols is 1. The van der Waals surface area contributed by atoms with Gasteiger partial charge in [-0.3, -0.25) is 19.2 Å². The van der Waals surface area contributed by atoms with Gasteiger partial charge in [0.25, 0.3) is 0 Å². The van der Waals surface area contributed by atoms with Gasteiger partial charge < -0.3 is 42.9 Å². The highest BCUT2D eigenvalue weighted by atomic mass is 16.4. The van der Waals surface area contributed by atoms with Crippen LogP contribution in [0.5, 0.6) is 5.75 Å². The number of phenolic OH excluding ortho intramolecular Hbond substituents is 1. The number of aromatic hydroxyl groups is 1. The van der Waals surface area contributed by atoms with Crippen molar-refractivity contribution >= 4 is 29.6 Å². The highest BCUT2D eigenvalue weighted by Gasteiger charge is 2.32. The number of carboxylic acid groups (broad SMARTS) is 1. The Morgan fingerprint density at radius 2 is 1.62 bits per heavy atom. The number of carbonyl (C=O) groups excluding carboxylic acids is 4. The van der Waals surface area contributed by atoms with Gasteiger partial charge >= 0.3 is 5.97 Å². The predicted octanol–water partition coefficient (Wildman–Crippen LogP) is -1.77. The van der Waals surface area contributed by atoms with E-state index in [0.29, 0.717) is 37.9 Å². The van der Waals surface area contributed by atoms with E-state index in [0.717, 1.165) is 6.42 Å². The molecule has 204 valence electrons. The van der Waals surface area contributed by atoms with Gasteiger partial charge in [0.1, 0.15) is 23.9 Å². The van der Waals surface area contributed by atoms with Gasteiger partial charge in [0.05, 0.1) is 12.5 Å². The van der Waals surface area contributed by atoms with Crippen LogP contribution in [0.15, 0.2) is 24.3 Å². The fraction of sp³-hybridized carbons (Fsp3) is 0.542. The molecule has 0 aliphatic carbocycles. The first kappa shape index (κ1) is 29.5. The first-order valence-corrected chi connectivity index (χ1v) is 12.2. The molecule has 0 saturated carbocycles. The van der Waals surface area contributed by atoms with E-state index < -0.39 is 54.3 Å². The van der Waals surface area contributed by atoms with E-state index in [1.165, 1.54) is 12.1 Å². The van der Waals surface area contributed by atoms with Crippen LogP contribution in [0.3, 0.4) is 0 Å². The summed E-state index contributed by atoms with van der Waals surface area (Å²) < 4.78 is 0. The lowest BCUT2D eigenvalue weighted by Gasteiger charge is -2.25. The minimum absolute atomic E-state index is 0.0459. The third-order valence-corrected chi connectivity index (χ3v) is 5.99. The molecule has 1 aromatic rings. The van der Waals surface area contributed by atoms with Crippen molar-refractivity contribution in [1.82, 2.24) is 21.3 Å². The zero-order valence-electron chi connectivity index (χ0n) is 20.6. The molecule has 4 amide bonds. The topological polar surface area (TPSA) is 226 Å². The van der Waals surface area contributed by atoms with Gasteiger partial charge in [0, 0.05) is 6.42 Å². The fourth-order valence-electron chi connectivity index (χ4n) is 3.97. The highest BCUT2D eigenvalue weighted by Crippen LogP contribution is 2.13. The summed E-state index contributed by atoms with van der Waals surface area (Å²) in [5, 5.41) is 29.6. The number of hydrogen-bond donors (Lipinski definition) is 8. The van der Waals surface area contributed by atoms with Gasteiger partial charge in [-0.05, 0) is 62.9 Å². The smallest absolute Gasteiger partial charge is 0.326 e. The molecular weight excluding hydrogens is 484 g/mol. The number of carboxylic acids is 1. The van der Waals surface area contributed by atoms with E-state index in [9.17, 15) is 34.2 Å². The Bertz CT molecular complexity index is 949. The Morgan fingerprint density at radius 1 is 0.973 bits per heavy atom. The zero-order valence-corrected chi connectivity index (χ0v) is 20.6. The normalized spacial score (nSPS) is 17.3. The maximum Gasteiger partial charge on any atom is 0.326 e. The van der Waals surface area contributed by atoms with Crippen molar-refractivity contribution < 1.29 is 34.2 Å². The fourth-order valence-corrected chi connectivity index (χ4v) is 3.97. The summed E-state index contributed by atoms with van der Waals surface area (Å²) in [6, 6.07) is 1.95. The SMILES string of the molecule is NCCCCC(NC(=O)C(Cc1ccc(O)cc1)NC(=O)C1CCCN1)C(=O)NC(CC(N)=O)C(=O)O. The van der Waals surface area contributed by atoms with E-state index in [1.807, 2.05) is 0 Å². The van der Waals surface area contributed by atoms with Crippen LogP contribution in [-0.2, 0) is 30.4 Å². The number of rotatable bonds is 15. The first-order valence-electron chi connectivity index (χ1n) is 12.2. The molecule has 13 heteroatoms. The Labute approximate surface area is 214 Å². The van der Waals surface area contributed by atoms with Crippen LogP contribution in [0.4, 0.5) is 0 Å². The number of primary amides is 1. The Balaban J connectivity index is 2.20. The molecule has 10 N–H and O–H groups in total. The molecule has 1 aromatic carbocycles. The van der Waals surface area contributed by atoms with Crippen LogP contribution in [0.25, 0.3) is 0 Å². The van der Waals surface area contributed by atoms with Crippen LogP contribution in [0, 0.1) is 0 Å². The van der Waals surface area contributed by atoms with Gasteiger partial charge in [-0.1, -0.05) is 12.1 Å². The molecule has 1 heterocycles. The quantitative estimate of drug-likeness (QED) is 0.122. The second-order valence-electron chi connectivity index (χ2n) is 9.00. The third-order valence-electron chi connectivity index (χ3n) is 5.99. The first-order chi connectivity index (χ1) is 17.6. The molecule has 4 atom stereocenters. The molecule has 1 saturated heterocycles. The van der Waals surface area contributed by atoms with Crippen molar-refractivity contribution in [2.45, 2.75) is 69.1 Å². The number of aliphatic carboxylic acids is 1. The van der Waals surface area contributed by atoms with Crippen molar-refractivity contribution in [3.05, 3.63) is 29.8 Å². The molecule has 1 aliphatic heterocycles. The van der Waals surface area contributed by atoms with Crippen molar-refractivity contribution in [2.75, 3.05) is 13.1 Å². The largest absolute Gasteiger partial charge is 0.508 e. The molecule has 2 rings (SSSR count). The summed E-state index contributed by atoms with van der Waals surface area (Å²) in [6.45, 7) is 1.04. The van der Waals surface area contributed by atoms with Gasteiger partial charge in [-0.2, -0.15) is 0 Å². The van der Waals surface area contributed by atoms with Crippen molar-refractivity contribution in [3.8, 4) is 5.75 Å². The zero-order chi connectivity index (χ0) is 27.4. The molecule has 0 radical (unpaired) electrons. The molecule has 0 spiro atoms. The number of amides is 4. The van der Waals surface area contributed by atoms with E-state index in [4.69, 9.17) is 11.5 Å². The predicted molar refractivity (Wildman–Crippen MR) is 133 cm³/mol. The number of unbranched alkanes of at least 4 members (excludes halogenated alkanes) is 1. The molecule has 4 unspecified atom stereocenters. The molecule has 37 heavy (non-hydrogen) atoms. The van der Waals surface area contributed by atoms with Crippen LogP contribution in [-0.4, -0.2) is 77.1 Å². The summed E-state index contributed by atoms with van der Waals surface area (Å²) >= 11 is 0. The van der Waals surface area contributed by atoms with Crippen LogP contribution < -0.4 is 32.7 Å². The maximum absolute atomic E-state index is 13.3. The van der Waals surface area contributed by atoms with E-state index in [2.05, 4.69) is 21.3 Å². The summed E-state index contributed by atoms with van der Waals surface area (Å²) in [7, 11) is 0. The number of nitrogens with one attached hydrogen (secondary N) is 4. The van der Waals surface area contributed by atoms with E-state index >= 15 is 0 Å². The lowest BCUT2D eigenvalue weighted by Crippen LogP contribution is -2.57. The standard InChI is InChI=1S/C24H36N6O7/c25-10-2-1-4-17(22(34)30-19(24(36)37)13-20(26)32)28-23(35)18(12-14-6-8-15(31)9-7-14)29-21(33)16-5-3-11-27-16/h6-9,16-19,27,31H,1-5,10-13,25H2,(H2,26,32)(H,28,35)(H,29,33)(H,30,34)(H,36,37). The summed E-state index contributed by atoms with van der Waals surface area (Å²) in [6.07, 6.45) is 2.10. The number of nitrogens with two attached hydrogens (primary N) is 2. The summed E-state index contributed by atoms with van der Waals surface area (Å²) in [4.78, 5) is 61.7. The molecule has 0 aromatic heterocycles. The molecule has 1 aliphatic rings. The second-order valence-corrected chi connectivity index (χ2v) is 9.00. The average Bonchev–Trinajstić information content (AvgIpc) is 3.39. The Kier molecular flexibility index (Phi) is 11.8. The summed E-state index contributed by atoms with van der Waals surface area (Å²) in [5.74, 6) is -4.10. The second kappa shape index (κ2) is 14.8. The van der Waals surface area contributed by atoms with Crippen molar-refractivity contribution in [1.29, 1.82) is 0 Å². The molecule has 0 bridgehead atoms. The van der Waals surface area contributed by atoms with Crippen LogP contribution >= 0.6 is 0 Å². The molecule has 1 fully saturated rings. The molecule has 13 nitrogen and oxygen atoms in total. The lowest BCUT2D eigenvalue weighted by atomic mass is 10.0. The van der Waals surface area contributed by atoms with E-state index in [1.54, 1.807) is 12.1 Å². The average molecular weight is 521 g/mol. The Hall–Kier alpha value is -3.71. The highest BCUT2D eigenvalue weighted by molar-refractivity contribution is 5.95. The number of hydrogen-bond acceptors (Lipinski definition) is 8. The minimum atomic E-state index is -1.56. The van der Waals surface area contributed by atoms with Gasteiger partial charge in [-0.25, -0.2) is 4.79 Å². The van der Waals surface area contributed by atoms with Crippen molar-refractivity contribution in [3.63, 3.8) is 0 Å². The van der Waals surface area contributed by atoms with E-state index in [-0.39, 0.29) is 24.5 Å². The number of benzene rings is 1. The van der Waals surface area contributed by atoms with Gasteiger partial charge in [0.2, 0.25) is 23.6 Å². The van der Waals surface area contributed by atoms with Gasteiger partial charge in [0.15, 0.2) is 0 Å². The lowest BCUT2D eigenvalue weighted by molar-refractivity contribution is -0.143. The monoisotopic (exact) mass is 520 g/mol. The van der Waals surface area contributed by atoms with Crippen LogP contribution in [0.1, 0.15) is 44.1 Å². The van der Waals surface area contributed by atoms with Crippen LogP contribution in [0.2, 0.25) is 0 Å². The van der Waals surface area contributed by atoms with Gasteiger partial charge in [-0.15, -0.1) is 0 Å². The van der Waals surface area contributed by atoms with Crippen molar-refractivity contribution in [2.24, 2.45) is 11.5 Å². The maximum atomic E-state index is 13.3. The third kappa shape index (κ3) is 10.1.